The molecule has 0 spiro atoms. The Morgan fingerprint density at radius 2 is 1.89 bits per heavy atom. The maximum absolute atomic E-state index is 12.4. The highest BCUT2D eigenvalue weighted by Gasteiger charge is 2.13. The molecular weight excluding hydrogens is 399 g/mol. The predicted octanol–water partition coefficient (Wildman–Crippen LogP) is 5.28. The van der Waals surface area contributed by atoms with Crippen LogP contribution in [-0.4, -0.2) is 31.6 Å². The van der Waals surface area contributed by atoms with Crippen molar-refractivity contribution in [2.45, 2.75) is 13.2 Å². The Morgan fingerprint density at radius 1 is 1.15 bits per heavy atom. The fourth-order valence-corrected chi connectivity index (χ4v) is 2.57. The molecule has 0 saturated carbocycles. The third kappa shape index (κ3) is 6.12. The van der Waals surface area contributed by atoms with Crippen LogP contribution in [0.25, 0.3) is 6.08 Å². The minimum absolute atomic E-state index is 0.0651. The highest BCUT2D eigenvalue weighted by atomic mass is 35.5. The number of rotatable bonds is 7. The number of methoxy groups -OCH3 is 1. The van der Waals surface area contributed by atoms with Crippen LogP contribution in [0.1, 0.15) is 11.1 Å². The van der Waals surface area contributed by atoms with E-state index < -0.39 is 6.61 Å². The van der Waals surface area contributed by atoms with Crippen molar-refractivity contribution in [3.63, 3.8) is 0 Å². The summed E-state index contributed by atoms with van der Waals surface area (Å²) in [7, 11) is 2.98. The van der Waals surface area contributed by atoms with Gasteiger partial charge in [-0.1, -0.05) is 35.3 Å². The molecule has 144 valence electrons. The standard InChI is InChI=1S/C19H17Cl2F2NO3/c1-24(18(25)8-5-12-3-6-14(20)15(21)9-12)11-13-4-7-16(27-19(22)23)17(10-13)26-2/h3-10,19H,11H2,1-2H3. The zero-order chi connectivity index (χ0) is 20.0. The molecule has 0 radical (unpaired) electrons. The van der Waals surface area contributed by atoms with Gasteiger partial charge in [0.1, 0.15) is 0 Å². The first kappa shape index (κ1) is 21.0. The largest absolute Gasteiger partial charge is 0.493 e. The van der Waals surface area contributed by atoms with Gasteiger partial charge in [0.25, 0.3) is 0 Å². The second kappa shape index (κ2) is 9.58. The van der Waals surface area contributed by atoms with E-state index in [0.29, 0.717) is 15.6 Å². The first-order chi connectivity index (χ1) is 12.8. The Bertz CT molecular complexity index is 844. The average Bonchev–Trinajstić information content (AvgIpc) is 2.63. The average molecular weight is 416 g/mol. The van der Waals surface area contributed by atoms with Gasteiger partial charge in [0, 0.05) is 19.7 Å². The van der Waals surface area contributed by atoms with E-state index in [2.05, 4.69) is 4.74 Å². The number of benzene rings is 2. The normalized spacial score (nSPS) is 11.1. The SMILES string of the molecule is COc1cc(CN(C)C(=O)C=Cc2ccc(Cl)c(Cl)c2)ccc1OC(F)F. The van der Waals surface area contributed by atoms with E-state index in [0.717, 1.165) is 5.56 Å². The first-order valence-electron chi connectivity index (χ1n) is 7.80. The van der Waals surface area contributed by atoms with Crippen LogP contribution in [0.3, 0.4) is 0 Å². The number of carbonyl (C=O) groups is 1. The molecule has 2 aromatic carbocycles. The molecular formula is C19H17Cl2F2NO3. The van der Waals surface area contributed by atoms with Crippen LogP contribution in [-0.2, 0) is 11.3 Å². The van der Waals surface area contributed by atoms with Crippen molar-refractivity contribution < 1.29 is 23.0 Å². The van der Waals surface area contributed by atoms with Crippen molar-refractivity contribution in [2.24, 2.45) is 0 Å². The molecule has 8 heteroatoms. The molecule has 0 aromatic heterocycles. The number of amides is 1. The number of likely N-dealkylation sites (N-methyl/N-ethyl adjacent to an activating group) is 1. The summed E-state index contributed by atoms with van der Waals surface area (Å²) in [5.74, 6) is -0.141. The van der Waals surface area contributed by atoms with Gasteiger partial charge in [-0.2, -0.15) is 8.78 Å². The van der Waals surface area contributed by atoms with E-state index in [9.17, 15) is 13.6 Å². The van der Waals surface area contributed by atoms with Crippen LogP contribution in [0.2, 0.25) is 10.0 Å². The first-order valence-corrected chi connectivity index (χ1v) is 8.55. The van der Waals surface area contributed by atoms with Crippen molar-refractivity contribution >= 4 is 35.2 Å². The molecule has 0 aliphatic carbocycles. The van der Waals surface area contributed by atoms with E-state index in [1.165, 1.54) is 24.2 Å². The molecule has 27 heavy (non-hydrogen) atoms. The molecule has 0 atom stereocenters. The lowest BCUT2D eigenvalue weighted by molar-refractivity contribution is -0.125. The van der Waals surface area contributed by atoms with Gasteiger partial charge in [-0.3, -0.25) is 4.79 Å². The van der Waals surface area contributed by atoms with Gasteiger partial charge >= 0.3 is 6.61 Å². The van der Waals surface area contributed by atoms with Gasteiger partial charge < -0.3 is 14.4 Å². The van der Waals surface area contributed by atoms with Crippen molar-refractivity contribution in [1.29, 1.82) is 0 Å². The van der Waals surface area contributed by atoms with E-state index in [1.54, 1.807) is 43.5 Å². The molecule has 0 heterocycles. The van der Waals surface area contributed by atoms with Gasteiger partial charge in [0.05, 0.1) is 17.2 Å². The summed E-state index contributed by atoms with van der Waals surface area (Å²) in [4.78, 5) is 13.7. The van der Waals surface area contributed by atoms with Crippen molar-refractivity contribution in [3.05, 3.63) is 63.6 Å². The fraction of sp³-hybridized carbons (Fsp3) is 0.211. The molecule has 2 rings (SSSR count). The molecule has 2 aromatic rings. The molecule has 0 bridgehead atoms. The maximum atomic E-state index is 12.4. The van der Waals surface area contributed by atoms with E-state index >= 15 is 0 Å². The van der Waals surface area contributed by atoms with Crippen LogP contribution in [0.4, 0.5) is 8.78 Å². The summed E-state index contributed by atoms with van der Waals surface area (Å²) in [6.07, 6.45) is 3.03. The molecule has 0 aliphatic heterocycles. The zero-order valence-electron chi connectivity index (χ0n) is 14.6. The van der Waals surface area contributed by atoms with Gasteiger partial charge in [-0.25, -0.2) is 0 Å². The van der Waals surface area contributed by atoms with Gasteiger partial charge in [0.15, 0.2) is 11.5 Å². The highest BCUT2D eigenvalue weighted by molar-refractivity contribution is 6.42. The Hall–Kier alpha value is -2.31. The number of alkyl halides is 2. The summed E-state index contributed by atoms with van der Waals surface area (Å²) < 4.78 is 34.2. The lowest BCUT2D eigenvalue weighted by Gasteiger charge is -2.17. The maximum Gasteiger partial charge on any atom is 0.387 e. The number of nitrogens with zero attached hydrogens (tertiary/aromatic N) is 1. The molecule has 4 nitrogen and oxygen atoms in total. The lowest BCUT2D eigenvalue weighted by atomic mass is 10.2. The Balaban J connectivity index is 2.05. The van der Waals surface area contributed by atoms with Gasteiger partial charge in [-0.15, -0.1) is 0 Å². The zero-order valence-corrected chi connectivity index (χ0v) is 16.1. The quantitative estimate of drug-likeness (QED) is 0.577. The van der Waals surface area contributed by atoms with Crippen LogP contribution >= 0.6 is 23.2 Å². The smallest absolute Gasteiger partial charge is 0.387 e. The molecule has 0 N–H and O–H groups in total. The Labute approximate surface area is 165 Å². The number of halogens is 4. The van der Waals surface area contributed by atoms with E-state index in [4.69, 9.17) is 27.9 Å². The number of hydrogen-bond acceptors (Lipinski definition) is 3. The number of ether oxygens (including phenoxy) is 2. The van der Waals surface area contributed by atoms with Gasteiger partial charge in [-0.05, 0) is 41.5 Å². The minimum atomic E-state index is -2.94. The monoisotopic (exact) mass is 415 g/mol. The van der Waals surface area contributed by atoms with Crippen LogP contribution in [0.5, 0.6) is 11.5 Å². The predicted molar refractivity (Wildman–Crippen MR) is 102 cm³/mol. The number of carbonyl (C=O) groups excluding carboxylic acids is 1. The summed E-state index contributed by atoms with van der Waals surface area (Å²) in [5.41, 5.74) is 1.44. The third-order valence-corrected chi connectivity index (χ3v) is 4.34. The second-order valence-corrected chi connectivity index (χ2v) is 6.38. The highest BCUT2D eigenvalue weighted by Crippen LogP contribution is 2.30. The molecule has 1 amide bonds. The summed E-state index contributed by atoms with van der Waals surface area (Å²) in [5, 5.41) is 0.836. The third-order valence-electron chi connectivity index (χ3n) is 3.60. The number of hydrogen-bond donors (Lipinski definition) is 0. The molecule has 0 unspecified atom stereocenters. The molecule has 0 saturated heterocycles. The Kier molecular flexibility index (Phi) is 7.45. The van der Waals surface area contributed by atoms with Crippen LogP contribution in [0.15, 0.2) is 42.5 Å². The molecule has 0 fully saturated rings. The van der Waals surface area contributed by atoms with Crippen LogP contribution < -0.4 is 9.47 Å². The fourth-order valence-electron chi connectivity index (χ4n) is 2.27. The van der Waals surface area contributed by atoms with Gasteiger partial charge in [0.2, 0.25) is 5.91 Å². The van der Waals surface area contributed by atoms with Crippen molar-refractivity contribution in [2.75, 3.05) is 14.2 Å². The topological polar surface area (TPSA) is 38.8 Å². The van der Waals surface area contributed by atoms with E-state index in [-0.39, 0.29) is 24.0 Å². The minimum Gasteiger partial charge on any atom is -0.493 e. The summed E-state index contributed by atoms with van der Waals surface area (Å²) in [6, 6.07) is 9.55. The lowest BCUT2D eigenvalue weighted by Crippen LogP contribution is -2.24. The van der Waals surface area contributed by atoms with Crippen molar-refractivity contribution in [1.82, 2.24) is 4.90 Å². The van der Waals surface area contributed by atoms with E-state index in [1.807, 2.05) is 0 Å². The Morgan fingerprint density at radius 3 is 2.52 bits per heavy atom. The molecule has 0 aliphatic rings. The van der Waals surface area contributed by atoms with Crippen molar-refractivity contribution in [3.8, 4) is 11.5 Å². The van der Waals surface area contributed by atoms with Crippen LogP contribution in [0, 0.1) is 0 Å². The second-order valence-electron chi connectivity index (χ2n) is 5.56. The summed E-state index contributed by atoms with van der Waals surface area (Å²) in [6.45, 7) is -2.68. The summed E-state index contributed by atoms with van der Waals surface area (Å²) >= 11 is 11.8.